The fourth-order valence-electron chi connectivity index (χ4n) is 1.82. The molecule has 0 saturated carbocycles. The first-order chi connectivity index (χ1) is 9.06. The molecule has 1 aromatic rings. The third-order valence-electron chi connectivity index (χ3n) is 2.73. The number of methoxy groups -OCH3 is 1. The summed E-state index contributed by atoms with van der Waals surface area (Å²) in [4.78, 5) is 13.5. The second-order valence-electron chi connectivity index (χ2n) is 4.60. The minimum Gasteiger partial charge on any atom is -0.495 e. The number of ether oxygens (including phenoxy) is 1. The van der Waals surface area contributed by atoms with Crippen molar-refractivity contribution in [3.63, 3.8) is 0 Å². The zero-order valence-electron chi connectivity index (χ0n) is 11.9. The number of nitrogens with zero attached hydrogens (tertiary/aromatic N) is 1. The molecule has 0 heterocycles. The summed E-state index contributed by atoms with van der Waals surface area (Å²) in [6.45, 7) is 3.81. The van der Waals surface area contributed by atoms with Crippen molar-refractivity contribution in [3.8, 4) is 5.75 Å². The smallest absolute Gasteiger partial charge is 0.234 e. The van der Waals surface area contributed by atoms with E-state index in [0.717, 1.165) is 18.5 Å². The average molecular weight is 265 g/mol. The van der Waals surface area contributed by atoms with Crippen LogP contribution in [0.3, 0.4) is 0 Å². The Kier molecular flexibility index (Phi) is 6.15. The Morgan fingerprint density at radius 2 is 2.21 bits per heavy atom. The summed E-state index contributed by atoms with van der Waals surface area (Å²) in [7, 11) is 3.50. The van der Waals surface area contributed by atoms with Crippen molar-refractivity contribution in [1.29, 1.82) is 0 Å². The van der Waals surface area contributed by atoms with Crippen molar-refractivity contribution in [2.45, 2.75) is 19.9 Å². The van der Waals surface area contributed by atoms with Crippen LogP contribution in [0.4, 0.5) is 5.69 Å². The van der Waals surface area contributed by atoms with E-state index in [0.29, 0.717) is 24.5 Å². The highest BCUT2D eigenvalue weighted by Gasteiger charge is 2.07. The Balaban J connectivity index is 2.50. The molecule has 1 rings (SSSR count). The standard InChI is InChI=1S/C14H23N3O2/c1-4-7-16-14(18)10-17(2)9-11-5-6-13(19-3)12(15)8-11/h5-6,8H,4,7,9-10,15H2,1-3H3,(H,16,18). The van der Waals surface area contributed by atoms with Gasteiger partial charge < -0.3 is 15.8 Å². The SMILES string of the molecule is CCCNC(=O)CN(C)Cc1ccc(OC)c(N)c1. The molecule has 0 radical (unpaired) electrons. The molecule has 3 N–H and O–H groups in total. The van der Waals surface area contributed by atoms with Gasteiger partial charge in [0, 0.05) is 13.1 Å². The highest BCUT2D eigenvalue weighted by Crippen LogP contribution is 2.22. The summed E-state index contributed by atoms with van der Waals surface area (Å²) in [5, 5.41) is 2.85. The van der Waals surface area contributed by atoms with E-state index >= 15 is 0 Å². The van der Waals surface area contributed by atoms with Gasteiger partial charge in [-0.05, 0) is 31.2 Å². The van der Waals surface area contributed by atoms with Gasteiger partial charge in [0.1, 0.15) is 5.75 Å². The molecule has 0 saturated heterocycles. The normalized spacial score (nSPS) is 10.5. The van der Waals surface area contributed by atoms with Crippen LogP contribution in [0.1, 0.15) is 18.9 Å². The predicted octanol–water partition coefficient (Wildman–Crippen LogP) is 1.24. The number of nitrogen functional groups attached to an aromatic ring is 1. The van der Waals surface area contributed by atoms with Crippen molar-refractivity contribution in [2.75, 3.05) is 33.0 Å². The third kappa shape index (κ3) is 5.18. The molecule has 0 spiro atoms. The van der Waals surface area contributed by atoms with Gasteiger partial charge in [-0.3, -0.25) is 9.69 Å². The second-order valence-corrected chi connectivity index (χ2v) is 4.60. The largest absolute Gasteiger partial charge is 0.495 e. The van der Waals surface area contributed by atoms with E-state index in [1.54, 1.807) is 7.11 Å². The van der Waals surface area contributed by atoms with Gasteiger partial charge in [-0.25, -0.2) is 0 Å². The van der Waals surface area contributed by atoms with Crippen LogP contribution in [0.2, 0.25) is 0 Å². The molecule has 0 aromatic heterocycles. The topological polar surface area (TPSA) is 67.6 Å². The lowest BCUT2D eigenvalue weighted by Crippen LogP contribution is -2.35. The first-order valence-electron chi connectivity index (χ1n) is 6.44. The molecule has 5 nitrogen and oxygen atoms in total. The molecule has 0 atom stereocenters. The van der Waals surface area contributed by atoms with E-state index in [2.05, 4.69) is 5.32 Å². The lowest BCUT2D eigenvalue weighted by molar-refractivity contribution is -0.122. The summed E-state index contributed by atoms with van der Waals surface area (Å²) < 4.78 is 5.11. The first-order valence-corrected chi connectivity index (χ1v) is 6.44. The summed E-state index contributed by atoms with van der Waals surface area (Å²) in [5.41, 5.74) is 7.53. The maximum Gasteiger partial charge on any atom is 0.234 e. The van der Waals surface area contributed by atoms with Gasteiger partial charge in [-0.1, -0.05) is 13.0 Å². The molecule has 106 valence electrons. The quantitative estimate of drug-likeness (QED) is 0.728. The van der Waals surface area contributed by atoms with Crippen LogP contribution >= 0.6 is 0 Å². The minimum absolute atomic E-state index is 0.0471. The van der Waals surface area contributed by atoms with Crippen LogP contribution in [-0.4, -0.2) is 38.1 Å². The van der Waals surface area contributed by atoms with Gasteiger partial charge >= 0.3 is 0 Å². The lowest BCUT2D eigenvalue weighted by Gasteiger charge is -2.17. The maximum atomic E-state index is 11.6. The summed E-state index contributed by atoms with van der Waals surface area (Å²) in [5.74, 6) is 0.720. The highest BCUT2D eigenvalue weighted by molar-refractivity contribution is 5.77. The summed E-state index contributed by atoms with van der Waals surface area (Å²) in [6.07, 6.45) is 0.949. The van der Waals surface area contributed by atoms with Crippen LogP contribution in [0.25, 0.3) is 0 Å². The molecule has 0 fully saturated rings. The molecule has 0 aliphatic heterocycles. The van der Waals surface area contributed by atoms with E-state index in [4.69, 9.17) is 10.5 Å². The molecule has 0 bridgehead atoms. The number of amides is 1. The number of hydrogen-bond acceptors (Lipinski definition) is 4. The number of hydrogen-bond donors (Lipinski definition) is 2. The zero-order chi connectivity index (χ0) is 14.3. The van der Waals surface area contributed by atoms with Crippen LogP contribution in [-0.2, 0) is 11.3 Å². The molecule has 5 heteroatoms. The molecule has 1 amide bonds. The third-order valence-corrected chi connectivity index (χ3v) is 2.73. The molecule has 1 aromatic carbocycles. The number of carbonyl (C=O) groups is 1. The molecular weight excluding hydrogens is 242 g/mol. The monoisotopic (exact) mass is 265 g/mol. The van der Waals surface area contributed by atoms with E-state index in [-0.39, 0.29) is 5.91 Å². The molecule has 0 unspecified atom stereocenters. The number of anilines is 1. The Morgan fingerprint density at radius 1 is 1.47 bits per heavy atom. The summed E-state index contributed by atoms with van der Waals surface area (Å²) in [6, 6.07) is 5.67. The van der Waals surface area contributed by atoms with Crippen LogP contribution < -0.4 is 15.8 Å². The average Bonchev–Trinajstić information content (AvgIpc) is 2.36. The first kappa shape index (κ1) is 15.3. The number of likely N-dealkylation sites (N-methyl/N-ethyl adjacent to an activating group) is 1. The van der Waals surface area contributed by atoms with Crippen molar-refractivity contribution >= 4 is 11.6 Å². The van der Waals surface area contributed by atoms with Gasteiger partial charge in [0.2, 0.25) is 5.91 Å². The van der Waals surface area contributed by atoms with Gasteiger partial charge in [0.15, 0.2) is 0 Å². The maximum absolute atomic E-state index is 11.6. The Hall–Kier alpha value is -1.75. The second kappa shape index (κ2) is 7.63. The number of nitrogens with one attached hydrogen (secondary N) is 1. The van der Waals surface area contributed by atoms with E-state index in [9.17, 15) is 4.79 Å². The van der Waals surface area contributed by atoms with Crippen molar-refractivity contribution in [3.05, 3.63) is 23.8 Å². The van der Waals surface area contributed by atoms with E-state index in [1.807, 2.05) is 37.1 Å². The fourth-order valence-corrected chi connectivity index (χ4v) is 1.82. The molecular formula is C14H23N3O2. The predicted molar refractivity (Wildman–Crippen MR) is 77.0 cm³/mol. The molecule has 0 aliphatic rings. The van der Waals surface area contributed by atoms with Crippen LogP contribution in [0.15, 0.2) is 18.2 Å². The Labute approximate surface area is 114 Å². The van der Waals surface area contributed by atoms with Gasteiger partial charge in [-0.2, -0.15) is 0 Å². The Bertz CT molecular complexity index is 421. The zero-order valence-corrected chi connectivity index (χ0v) is 11.9. The number of benzene rings is 1. The number of nitrogens with two attached hydrogens (primary N) is 1. The number of rotatable bonds is 7. The van der Waals surface area contributed by atoms with Crippen molar-refractivity contribution in [1.82, 2.24) is 10.2 Å². The summed E-state index contributed by atoms with van der Waals surface area (Å²) >= 11 is 0. The number of carbonyl (C=O) groups excluding carboxylic acids is 1. The van der Waals surface area contributed by atoms with Crippen molar-refractivity contribution in [2.24, 2.45) is 0 Å². The van der Waals surface area contributed by atoms with E-state index < -0.39 is 0 Å². The van der Waals surface area contributed by atoms with Gasteiger partial charge in [0.25, 0.3) is 0 Å². The lowest BCUT2D eigenvalue weighted by atomic mass is 10.2. The van der Waals surface area contributed by atoms with E-state index in [1.165, 1.54) is 0 Å². The Morgan fingerprint density at radius 3 is 2.79 bits per heavy atom. The van der Waals surface area contributed by atoms with Gasteiger partial charge in [0.05, 0.1) is 19.3 Å². The molecule has 0 aliphatic carbocycles. The van der Waals surface area contributed by atoms with Crippen molar-refractivity contribution < 1.29 is 9.53 Å². The van der Waals surface area contributed by atoms with Crippen LogP contribution in [0.5, 0.6) is 5.75 Å². The molecule has 19 heavy (non-hydrogen) atoms. The highest BCUT2D eigenvalue weighted by atomic mass is 16.5. The van der Waals surface area contributed by atoms with Gasteiger partial charge in [-0.15, -0.1) is 0 Å². The van der Waals surface area contributed by atoms with Crippen LogP contribution in [0, 0.1) is 0 Å². The minimum atomic E-state index is 0.0471. The fraction of sp³-hybridized carbons (Fsp3) is 0.500.